The molecule has 0 saturated heterocycles. The summed E-state index contributed by atoms with van der Waals surface area (Å²) in [5.74, 6) is 0.388. The van der Waals surface area contributed by atoms with Crippen LogP contribution in [0.1, 0.15) is 10.4 Å². The second kappa shape index (κ2) is 6.63. The number of ether oxygens (including phenoxy) is 1. The highest BCUT2D eigenvalue weighted by Gasteiger charge is 2.11. The van der Waals surface area contributed by atoms with Crippen molar-refractivity contribution in [1.82, 2.24) is 0 Å². The summed E-state index contributed by atoms with van der Waals surface area (Å²) in [5.41, 5.74) is 0.948. The molecule has 0 unspecified atom stereocenters. The first-order valence-corrected chi connectivity index (χ1v) is 8.71. The molecule has 0 spiro atoms. The van der Waals surface area contributed by atoms with Crippen LogP contribution in [0.15, 0.2) is 47.4 Å². The van der Waals surface area contributed by atoms with Gasteiger partial charge in [-0.25, -0.2) is 13.6 Å². The molecule has 0 aliphatic heterocycles. The Hall–Kier alpha value is -1.65. The maximum Gasteiger partial charge on any atom is 0.255 e. The van der Waals surface area contributed by atoms with Crippen LogP contribution in [0.2, 0.25) is 0 Å². The molecule has 0 saturated carbocycles. The second-order valence-corrected chi connectivity index (χ2v) is 7.10. The first kappa shape index (κ1) is 16.7. The van der Waals surface area contributed by atoms with Crippen LogP contribution in [0.4, 0.5) is 5.69 Å². The van der Waals surface area contributed by atoms with E-state index in [9.17, 15) is 13.2 Å². The van der Waals surface area contributed by atoms with Crippen LogP contribution >= 0.6 is 22.6 Å². The lowest BCUT2D eigenvalue weighted by Crippen LogP contribution is -2.14. The van der Waals surface area contributed by atoms with Crippen molar-refractivity contribution in [2.75, 3.05) is 12.4 Å². The number of methoxy groups -OCH3 is 1. The van der Waals surface area contributed by atoms with Gasteiger partial charge in [-0.1, -0.05) is 0 Å². The first-order valence-electron chi connectivity index (χ1n) is 6.09. The number of primary sulfonamides is 1. The molecular weight excluding hydrogens is 419 g/mol. The molecule has 0 aliphatic carbocycles. The highest BCUT2D eigenvalue weighted by atomic mass is 127. The largest absolute Gasteiger partial charge is 0.496 e. The predicted octanol–water partition coefficient (Wildman–Crippen LogP) is 2.20. The number of anilines is 1. The zero-order valence-electron chi connectivity index (χ0n) is 11.5. The molecule has 1 amide bonds. The molecule has 8 heteroatoms. The van der Waals surface area contributed by atoms with Crippen LogP contribution in [0.25, 0.3) is 0 Å². The van der Waals surface area contributed by atoms with E-state index in [1.165, 1.54) is 24.3 Å². The summed E-state index contributed by atoms with van der Waals surface area (Å²) in [5, 5.41) is 7.70. The van der Waals surface area contributed by atoms with Crippen LogP contribution in [0.3, 0.4) is 0 Å². The standard InChI is InChI=1S/C14H13IN2O4S/c1-21-13-7-2-9(8-12(13)15)14(18)17-10-3-5-11(6-4-10)22(16,19)20/h2-8H,1H3,(H,17,18)(H2,16,19,20). The molecule has 6 nitrogen and oxygen atoms in total. The monoisotopic (exact) mass is 432 g/mol. The van der Waals surface area contributed by atoms with Gasteiger partial charge in [-0.05, 0) is 65.1 Å². The molecule has 116 valence electrons. The van der Waals surface area contributed by atoms with E-state index in [0.29, 0.717) is 17.0 Å². The van der Waals surface area contributed by atoms with Crippen molar-refractivity contribution < 1.29 is 17.9 Å². The molecule has 0 atom stereocenters. The Balaban J connectivity index is 2.17. The summed E-state index contributed by atoms with van der Waals surface area (Å²) in [6.45, 7) is 0. The fourth-order valence-corrected chi connectivity index (χ4v) is 2.99. The van der Waals surface area contributed by atoms with E-state index < -0.39 is 10.0 Å². The quantitative estimate of drug-likeness (QED) is 0.724. The van der Waals surface area contributed by atoms with E-state index in [-0.39, 0.29) is 10.8 Å². The number of nitrogens with two attached hydrogens (primary N) is 1. The lowest BCUT2D eigenvalue weighted by Gasteiger charge is -2.08. The van der Waals surface area contributed by atoms with E-state index in [1.54, 1.807) is 25.3 Å². The molecule has 0 bridgehead atoms. The third kappa shape index (κ3) is 3.96. The molecule has 3 N–H and O–H groups in total. The maximum atomic E-state index is 12.1. The minimum Gasteiger partial charge on any atom is -0.496 e. The zero-order valence-corrected chi connectivity index (χ0v) is 14.5. The number of halogens is 1. The van der Waals surface area contributed by atoms with Crippen molar-refractivity contribution >= 4 is 44.2 Å². The third-order valence-corrected chi connectivity index (χ3v) is 4.63. The Morgan fingerprint density at radius 2 is 1.82 bits per heavy atom. The highest BCUT2D eigenvalue weighted by Crippen LogP contribution is 2.22. The number of hydrogen-bond acceptors (Lipinski definition) is 4. The van der Waals surface area contributed by atoms with Crippen LogP contribution < -0.4 is 15.2 Å². The van der Waals surface area contributed by atoms with Gasteiger partial charge >= 0.3 is 0 Å². The molecule has 0 heterocycles. The average Bonchev–Trinajstić information content (AvgIpc) is 2.46. The molecule has 0 radical (unpaired) electrons. The van der Waals surface area contributed by atoms with Crippen LogP contribution in [0, 0.1) is 3.57 Å². The normalized spacial score (nSPS) is 11.0. The highest BCUT2D eigenvalue weighted by molar-refractivity contribution is 14.1. The number of sulfonamides is 1. The minimum atomic E-state index is -3.74. The van der Waals surface area contributed by atoms with E-state index in [4.69, 9.17) is 9.88 Å². The molecule has 2 aromatic rings. The van der Waals surface area contributed by atoms with E-state index in [1.807, 2.05) is 0 Å². The number of carbonyl (C=O) groups is 1. The summed E-state index contributed by atoms with van der Waals surface area (Å²) in [7, 11) is -2.18. The van der Waals surface area contributed by atoms with E-state index in [2.05, 4.69) is 27.9 Å². The fraction of sp³-hybridized carbons (Fsp3) is 0.0714. The van der Waals surface area contributed by atoms with Crippen LogP contribution in [0.5, 0.6) is 5.75 Å². The Bertz CT molecular complexity index is 804. The second-order valence-electron chi connectivity index (χ2n) is 4.37. The van der Waals surface area contributed by atoms with Crippen molar-refractivity contribution in [1.29, 1.82) is 0 Å². The van der Waals surface area contributed by atoms with Crippen molar-refractivity contribution in [2.45, 2.75) is 4.90 Å². The molecule has 0 aliphatic rings. The van der Waals surface area contributed by atoms with E-state index in [0.717, 1.165) is 3.57 Å². The van der Waals surface area contributed by atoms with Gasteiger partial charge in [0.2, 0.25) is 10.0 Å². The summed E-state index contributed by atoms with van der Waals surface area (Å²) >= 11 is 2.08. The Kier molecular flexibility index (Phi) is 5.04. The summed E-state index contributed by atoms with van der Waals surface area (Å²) in [6.07, 6.45) is 0. The lowest BCUT2D eigenvalue weighted by molar-refractivity contribution is 0.102. The van der Waals surface area contributed by atoms with Gasteiger partial charge in [-0.2, -0.15) is 0 Å². The molecule has 22 heavy (non-hydrogen) atoms. The van der Waals surface area contributed by atoms with Gasteiger partial charge in [0.15, 0.2) is 0 Å². The fourth-order valence-electron chi connectivity index (χ4n) is 1.74. The van der Waals surface area contributed by atoms with Crippen LogP contribution in [-0.4, -0.2) is 21.4 Å². The topological polar surface area (TPSA) is 98.5 Å². The summed E-state index contributed by atoms with van der Waals surface area (Å²) in [6, 6.07) is 10.7. The third-order valence-electron chi connectivity index (χ3n) is 2.85. The summed E-state index contributed by atoms with van der Waals surface area (Å²) in [4.78, 5) is 12.1. The van der Waals surface area contributed by atoms with Crippen molar-refractivity contribution in [2.24, 2.45) is 5.14 Å². The van der Waals surface area contributed by atoms with Gasteiger partial charge in [-0.3, -0.25) is 4.79 Å². The van der Waals surface area contributed by atoms with Gasteiger partial charge in [0.25, 0.3) is 5.91 Å². The number of rotatable bonds is 4. The first-order chi connectivity index (χ1) is 10.3. The molecule has 2 rings (SSSR count). The number of amides is 1. The van der Waals surface area contributed by atoms with Gasteiger partial charge < -0.3 is 10.1 Å². The molecule has 0 fully saturated rings. The lowest BCUT2D eigenvalue weighted by atomic mass is 10.2. The van der Waals surface area contributed by atoms with Crippen molar-refractivity contribution in [3.63, 3.8) is 0 Å². The van der Waals surface area contributed by atoms with Crippen molar-refractivity contribution in [3.05, 3.63) is 51.6 Å². The Morgan fingerprint density at radius 3 is 2.32 bits per heavy atom. The smallest absolute Gasteiger partial charge is 0.255 e. The average molecular weight is 432 g/mol. The molecule has 2 aromatic carbocycles. The Labute approximate surface area is 141 Å². The van der Waals surface area contributed by atoms with Gasteiger partial charge in [-0.15, -0.1) is 0 Å². The summed E-state index contributed by atoms with van der Waals surface area (Å²) < 4.78 is 28.3. The number of hydrogen-bond donors (Lipinski definition) is 2. The van der Waals surface area contributed by atoms with E-state index >= 15 is 0 Å². The number of benzene rings is 2. The number of nitrogens with one attached hydrogen (secondary N) is 1. The van der Waals surface area contributed by atoms with Gasteiger partial charge in [0.1, 0.15) is 5.75 Å². The molecular formula is C14H13IN2O4S. The van der Waals surface area contributed by atoms with Gasteiger partial charge in [0, 0.05) is 11.3 Å². The zero-order chi connectivity index (χ0) is 16.3. The minimum absolute atomic E-state index is 0.00973. The maximum absolute atomic E-state index is 12.1. The molecule has 0 aromatic heterocycles. The van der Waals surface area contributed by atoms with Gasteiger partial charge in [0.05, 0.1) is 15.6 Å². The SMILES string of the molecule is COc1ccc(C(=O)Nc2ccc(S(N)(=O)=O)cc2)cc1I. The predicted molar refractivity (Wildman–Crippen MR) is 91.5 cm³/mol. The Morgan fingerprint density at radius 1 is 1.18 bits per heavy atom. The van der Waals surface area contributed by atoms with Crippen LogP contribution in [-0.2, 0) is 10.0 Å². The van der Waals surface area contributed by atoms with Crippen molar-refractivity contribution in [3.8, 4) is 5.75 Å². The number of carbonyl (C=O) groups excluding carboxylic acids is 1.